The third kappa shape index (κ3) is 5.12. The number of aromatic nitrogens is 3. The third-order valence-corrected chi connectivity index (χ3v) is 7.08. The molecule has 0 N–H and O–H groups in total. The minimum Gasteiger partial charge on any atom is -0.457 e. The number of para-hydroxylation sites is 1. The lowest BCUT2D eigenvalue weighted by Crippen LogP contribution is -2.34. The van der Waals surface area contributed by atoms with Crippen LogP contribution in [0.2, 0.25) is 5.02 Å². The molecule has 0 unspecified atom stereocenters. The number of amides is 1. The van der Waals surface area contributed by atoms with Gasteiger partial charge in [0, 0.05) is 22.8 Å². The van der Waals surface area contributed by atoms with Crippen LogP contribution in [0, 0.1) is 20.8 Å². The highest BCUT2D eigenvalue weighted by molar-refractivity contribution is 7.22. The fraction of sp³-hybridized carbons (Fsp3) is 0.179. The third-order valence-electron chi connectivity index (χ3n) is 5.83. The molecule has 0 aliphatic rings. The molecule has 1 amide bonds. The lowest BCUT2D eigenvalue weighted by atomic mass is 10.2. The van der Waals surface area contributed by atoms with Crippen LogP contribution in [0.3, 0.4) is 0 Å². The summed E-state index contributed by atoms with van der Waals surface area (Å²) in [5.41, 5.74) is 4.39. The van der Waals surface area contributed by atoms with Crippen molar-refractivity contribution in [3.63, 3.8) is 0 Å². The number of fused-ring (bicyclic) bond motifs is 1. The average molecular weight is 517 g/mol. The normalized spacial score (nSPS) is 11.1. The molecule has 2 aromatic heterocycles. The molecule has 2 heterocycles. The molecule has 0 saturated carbocycles. The van der Waals surface area contributed by atoms with Crippen molar-refractivity contribution in [3.8, 4) is 11.5 Å². The molecule has 5 rings (SSSR count). The van der Waals surface area contributed by atoms with Crippen molar-refractivity contribution in [2.24, 2.45) is 0 Å². The van der Waals surface area contributed by atoms with Crippen molar-refractivity contribution in [1.82, 2.24) is 14.8 Å². The summed E-state index contributed by atoms with van der Waals surface area (Å²) in [6, 6.07) is 22.5. The predicted molar refractivity (Wildman–Crippen MR) is 146 cm³/mol. The van der Waals surface area contributed by atoms with Gasteiger partial charge in [-0.2, -0.15) is 5.10 Å². The van der Waals surface area contributed by atoms with E-state index in [9.17, 15) is 4.79 Å². The highest BCUT2D eigenvalue weighted by Crippen LogP contribution is 2.34. The fourth-order valence-corrected chi connectivity index (χ4v) is 5.53. The molecule has 0 bridgehead atoms. The number of benzene rings is 3. The SMILES string of the molecule is Cc1cc(C)n(CCN(C(=O)c2ccc(Oc3ccccc3)cc2)c2nc3c(C)cc(Cl)cc3s2)n1. The van der Waals surface area contributed by atoms with Gasteiger partial charge < -0.3 is 4.74 Å². The number of anilines is 1. The second kappa shape index (κ2) is 10.1. The fourth-order valence-electron chi connectivity index (χ4n) is 4.08. The number of ether oxygens (including phenoxy) is 1. The molecule has 0 fully saturated rings. The van der Waals surface area contributed by atoms with E-state index >= 15 is 0 Å². The summed E-state index contributed by atoms with van der Waals surface area (Å²) in [6.07, 6.45) is 0. The predicted octanol–water partition coefficient (Wildman–Crippen LogP) is 7.21. The lowest BCUT2D eigenvalue weighted by Gasteiger charge is -2.20. The molecule has 3 aromatic carbocycles. The molecule has 0 aliphatic carbocycles. The van der Waals surface area contributed by atoms with Crippen LogP contribution >= 0.6 is 22.9 Å². The zero-order valence-corrected chi connectivity index (χ0v) is 21.8. The molecule has 36 heavy (non-hydrogen) atoms. The Labute approximate surface area is 218 Å². The average Bonchev–Trinajstić information content (AvgIpc) is 3.42. The first-order chi connectivity index (χ1) is 17.4. The van der Waals surface area contributed by atoms with Gasteiger partial charge in [-0.05, 0) is 80.9 Å². The van der Waals surface area contributed by atoms with Gasteiger partial charge in [-0.15, -0.1) is 0 Å². The van der Waals surface area contributed by atoms with Crippen molar-refractivity contribution in [2.45, 2.75) is 27.3 Å². The van der Waals surface area contributed by atoms with Gasteiger partial charge in [0.25, 0.3) is 5.91 Å². The van der Waals surface area contributed by atoms with E-state index in [4.69, 9.17) is 21.3 Å². The van der Waals surface area contributed by atoms with Crippen molar-refractivity contribution >= 4 is 44.2 Å². The maximum atomic E-state index is 13.8. The number of thiazole rings is 1. The monoisotopic (exact) mass is 516 g/mol. The summed E-state index contributed by atoms with van der Waals surface area (Å²) in [7, 11) is 0. The van der Waals surface area contributed by atoms with Crippen molar-refractivity contribution in [1.29, 1.82) is 0 Å². The number of halogens is 1. The molecular formula is C28H25ClN4O2S. The topological polar surface area (TPSA) is 60.2 Å². The number of nitrogens with zero attached hydrogens (tertiary/aromatic N) is 4. The lowest BCUT2D eigenvalue weighted by molar-refractivity contribution is 0.0985. The first kappa shape index (κ1) is 24.0. The summed E-state index contributed by atoms with van der Waals surface area (Å²) in [5.74, 6) is 1.27. The number of rotatable bonds is 7. The first-order valence-electron chi connectivity index (χ1n) is 11.6. The summed E-state index contributed by atoms with van der Waals surface area (Å²) >= 11 is 7.74. The van der Waals surface area contributed by atoms with Gasteiger partial charge in [-0.1, -0.05) is 41.1 Å². The van der Waals surface area contributed by atoms with Gasteiger partial charge in [0.2, 0.25) is 0 Å². The van der Waals surface area contributed by atoms with Crippen LogP contribution < -0.4 is 9.64 Å². The molecule has 0 saturated heterocycles. The number of hydrogen-bond acceptors (Lipinski definition) is 5. The van der Waals surface area contributed by atoms with Crippen LogP contribution in [0.1, 0.15) is 27.3 Å². The molecule has 0 spiro atoms. The van der Waals surface area contributed by atoms with E-state index in [2.05, 4.69) is 5.10 Å². The standard InChI is InChI=1S/C28H25ClN4O2S/c1-18-15-22(29)17-25-26(18)30-28(36-25)32(13-14-33-20(3)16-19(2)31-33)27(34)21-9-11-24(12-10-21)35-23-7-5-4-6-8-23/h4-12,15-17H,13-14H2,1-3H3. The van der Waals surface area contributed by atoms with Crippen LogP contribution in [0.15, 0.2) is 72.8 Å². The zero-order chi connectivity index (χ0) is 25.2. The second-order valence-corrected chi connectivity index (χ2v) is 10.1. The summed E-state index contributed by atoms with van der Waals surface area (Å²) < 4.78 is 8.75. The molecule has 0 aliphatic heterocycles. The zero-order valence-electron chi connectivity index (χ0n) is 20.2. The van der Waals surface area contributed by atoms with Crippen LogP contribution in [-0.2, 0) is 6.54 Å². The minimum atomic E-state index is -0.134. The maximum Gasteiger partial charge on any atom is 0.260 e. The number of hydrogen-bond donors (Lipinski definition) is 0. The van der Waals surface area contributed by atoms with E-state index in [1.807, 2.05) is 86.1 Å². The largest absolute Gasteiger partial charge is 0.457 e. The van der Waals surface area contributed by atoms with E-state index in [-0.39, 0.29) is 5.91 Å². The van der Waals surface area contributed by atoms with E-state index in [1.54, 1.807) is 17.0 Å². The summed E-state index contributed by atoms with van der Waals surface area (Å²) in [4.78, 5) is 20.3. The van der Waals surface area contributed by atoms with Gasteiger partial charge in [-0.3, -0.25) is 14.4 Å². The van der Waals surface area contributed by atoms with Crippen LogP contribution in [0.5, 0.6) is 11.5 Å². The molecule has 8 heteroatoms. The summed E-state index contributed by atoms with van der Waals surface area (Å²) in [5, 5.41) is 5.84. The molecule has 5 aromatic rings. The van der Waals surface area contributed by atoms with E-state index in [1.165, 1.54) is 11.3 Å². The van der Waals surface area contributed by atoms with Gasteiger partial charge in [0.15, 0.2) is 5.13 Å². The van der Waals surface area contributed by atoms with Gasteiger partial charge in [0.1, 0.15) is 11.5 Å². The molecule has 6 nitrogen and oxygen atoms in total. The second-order valence-electron chi connectivity index (χ2n) is 8.61. The quantitative estimate of drug-likeness (QED) is 0.229. The van der Waals surface area contributed by atoms with Gasteiger partial charge in [-0.25, -0.2) is 4.98 Å². The van der Waals surface area contributed by atoms with E-state index < -0.39 is 0 Å². The molecule has 182 valence electrons. The van der Waals surface area contributed by atoms with E-state index in [0.29, 0.717) is 34.6 Å². The smallest absolute Gasteiger partial charge is 0.260 e. The Kier molecular flexibility index (Phi) is 6.76. The Morgan fingerprint density at radius 3 is 2.42 bits per heavy atom. The van der Waals surface area contributed by atoms with Crippen LogP contribution in [-0.4, -0.2) is 27.2 Å². The van der Waals surface area contributed by atoms with Crippen LogP contribution in [0.25, 0.3) is 10.2 Å². The first-order valence-corrected chi connectivity index (χ1v) is 12.8. The maximum absolute atomic E-state index is 13.8. The van der Waals surface area contributed by atoms with Gasteiger partial charge in [0.05, 0.1) is 22.5 Å². The van der Waals surface area contributed by atoms with Crippen molar-refractivity contribution < 1.29 is 9.53 Å². The molecular weight excluding hydrogens is 492 g/mol. The highest BCUT2D eigenvalue weighted by atomic mass is 35.5. The van der Waals surface area contributed by atoms with E-state index in [0.717, 1.165) is 32.9 Å². The summed E-state index contributed by atoms with van der Waals surface area (Å²) in [6.45, 7) is 6.93. The van der Waals surface area contributed by atoms with Crippen molar-refractivity contribution in [3.05, 3.63) is 100 Å². The number of aryl methyl sites for hydroxylation is 3. The minimum absolute atomic E-state index is 0.134. The molecule has 0 atom stereocenters. The Bertz CT molecular complexity index is 1530. The van der Waals surface area contributed by atoms with Gasteiger partial charge >= 0.3 is 0 Å². The van der Waals surface area contributed by atoms with Crippen molar-refractivity contribution in [2.75, 3.05) is 11.4 Å². The van der Waals surface area contributed by atoms with Crippen LogP contribution in [0.4, 0.5) is 5.13 Å². The Morgan fingerprint density at radius 2 is 1.72 bits per heavy atom. The highest BCUT2D eigenvalue weighted by Gasteiger charge is 2.22. The number of carbonyl (C=O) groups excluding carboxylic acids is 1. The number of carbonyl (C=O) groups is 1. The Hall–Kier alpha value is -3.68. The Morgan fingerprint density at radius 1 is 1.00 bits per heavy atom. The Balaban J connectivity index is 1.45. The molecule has 0 radical (unpaired) electrons.